The second-order valence-corrected chi connectivity index (χ2v) is 4.34. The van der Waals surface area contributed by atoms with Gasteiger partial charge in [0.25, 0.3) is 0 Å². The van der Waals surface area contributed by atoms with E-state index in [9.17, 15) is 0 Å². The van der Waals surface area contributed by atoms with Crippen LogP contribution in [0, 0.1) is 5.92 Å². The fourth-order valence-electron chi connectivity index (χ4n) is 1.11. The molecule has 12 heavy (non-hydrogen) atoms. The molecule has 0 saturated carbocycles. The lowest BCUT2D eigenvalue weighted by molar-refractivity contribution is 0.634. The molecule has 0 saturated heterocycles. The molecule has 0 fully saturated rings. The maximum Gasteiger partial charge on any atom is 0.180 e. The lowest BCUT2D eigenvalue weighted by Gasteiger charge is -2.02. The molecule has 0 bridgehead atoms. The lowest BCUT2D eigenvalue weighted by Crippen LogP contribution is -2.02. The number of anilines is 1. The van der Waals surface area contributed by atoms with Crippen LogP contribution >= 0.6 is 11.3 Å². The van der Waals surface area contributed by atoms with Gasteiger partial charge in [-0.1, -0.05) is 13.8 Å². The van der Waals surface area contributed by atoms with E-state index < -0.39 is 0 Å². The summed E-state index contributed by atoms with van der Waals surface area (Å²) in [4.78, 5) is 5.36. The molecule has 1 rings (SSSR count). The molecular formula is C8H15N3S. The van der Waals surface area contributed by atoms with Gasteiger partial charge in [-0.25, -0.2) is 4.98 Å². The minimum absolute atomic E-state index is 0.552. The first kappa shape index (κ1) is 9.48. The van der Waals surface area contributed by atoms with Gasteiger partial charge in [-0.2, -0.15) is 0 Å². The first-order valence-corrected chi connectivity index (χ1v) is 4.89. The average Bonchev–Trinajstić information content (AvgIpc) is 2.29. The van der Waals surface area contributed by atoms with Gasteiger partial charge in [-0.05, 0) is 12.3 Å². The van der Waals surface area contributed by atoms with E-state index in [2.05, 4.69) is 18.8 Å². The highest BCUT2D eigenvalue weighted by molar-refractivity contribution is 7.15. The Morgan fingerprint density at radius 1 is 1.50 bits per heavy atom. The third-order valence-corrected chi connectivity index (χ3v) is 2.53. The first-order chi connectivity index (χ1) is 5.63. The number of hydrogen-bond donors (Lipinski definition) is 2. The van der Waals surface area contributed by atoms with Crippen molar-refractivity contribution in [1.29, 1.82) is 0 Å². The van der Waals surface area contributed by atoms with E-state index in [4.69, 9.17) is 11.5 Å². The van der Waals surface area contributed by atoms with Crippen molar-refractivity contribution in [3.8, 4) is 0 Å². The third-order valence-electron chi connectivity index (χ3n) is 1.58. The molecule has 0 aliphatic rings. The summed E-state index contributed by atoms with van der Waals surface area (Å²) in [6, 6.07) is 0. The predicted molar refractivity (Wildman–Crippen MR) is 53.0 cm³/mol. The molecule has 1 aromatic rings. The van der Waals surface area contributed by atoms with Crippen LogP contribution in [0.2, 0.25) is 0 Å². The van der Waals surface area contributed by atoms with Crippen LogP contribution in [0.3, 0.4) is 0 Å². The van der Waals surface area contributed by atoms with Gasteiger partial charge in [0.1, 0.15) is 0 Å². The molecule has 0 aliphatic heterocycles. The SMILES string of the molecule is CC(C)Cc1nc(N)sc1CN. The molecule has 3 nitrogen and oxygen atoms in total. The van der Waals surface area contributed by atoms with Crippen molar-refractivity contribution in [1.82, 2.24) is 4.98 Å². The molecule has 0 amide bonds. The van der Waals surface area contributed by atoms with Crippen LogP contribution in [0.1, 0.15) is 24.4 Å². The number of thiazole rings is 1. The Morgan fingerprint density at radius 3 is 2.67 bits per heavy atom. The second-order valence-electron chi connectivity index (χ2n) is 3.22. The summed E-state index contributed by atoms with van der Waals surface area (Å²) in [6.07, 6.45) is 0.972. The molecular weight excluding hydrogens is 170 g/mol. The Labute approximate surface area is 76.8 Å². The summed E-state index contributed by atoms with van der Waals surface area (Å²) in [7, 11) is 0. The molecule has 0 spiro atoms. The molecule has 0 unspecified atom stereocenters. The zero-order valence-electron chi connectivity index (χ0n) is 7.50. The number of hydrogen-bond acceptors (Lipinski definition) is 4. The quantitative estimate of drug-likeness (QED) is 0.747. The normalized spacial score (nSPS) is 11.0. The summed E-state index contributed by atoms with van der Waals surface area (Å²) in [5.74, 6) is 0.608. The molecule has 0 radical (unpaired) electrons. The van der Waals surface area contributed by atoms with E-state index >= 15 is 0 Å². The van der Waals surface area contributed by atoms with Crippen LogP contribution in [-0.4, -0.2) is 4.98 Å². The monoisotopic (exact) mass is 185 g/mol. The Morgan fingerprint density at radius 2 is 2.17 bits per heavy atom. The minimum Gasteiger partial charge on any atom is -0.375 e. The number of rotatable bonds is 3. The van der Waals surface area contributed by atoms with Gasteiger partial charge in [0, 0.05) is 11.4 Å². The zero-order valence-corrected chi connectivity index (χ0v) is 8.32. The summed E-state index contributed by atoms with van der Waals surface area (Å²) in [6.45, 7) is 4.88. The van der Waals surface area contributed by atoms with Gasteiger partial charge in [0.05, 0.1) is 5.69 Å². The summed E-state index contributed by atoms with van der Waals surface area (Å²) in [5, 5.41) is 0.631. The summed E-state index contributed by atoms with van der Waals surface area (Å²) < 4.78 is 0. The van der Waals surface area contributed by atoms with E-state index in [0.29, 0.717) is 17.6 Å². The fourth-order valence-corrected chi connectivity index (χ4v) is 1.85. The number of nitrogens with two attached hydrogens (primary N) is 2. The summed E-state index contributed by atoms with van der Waals surface area (Å²) in [5.41, 5.74) is 12.2. The van der Waals surface area contributed by atoms with Crippen LogP contribution in [0.4, 0.5) is 5.13 Å². The van der Waals surface area contributed by atoms with Gasteiger partial charge >= 0.3 is 0 Å². The molecule has 4 heteroatoms. The molecule has 4 N–H and O–H groups in total. The maximum atomic E-state index is 5.58. The molecule has 0 atom stereocenters. The number of nitrogen functional groups attached to an aromatic ring is 1. The standard InChI is InChI=1S/C8H15N3S/c1-5(2)3-6-7(4-9)12-8(10)11-6/h5H,3-4,9H2,1-2H3,(H2,10,11). The van der Waals surface area contributed by atoms with Crippen LogP contribution in [-0.2, 0) is 13.0 Å². The van der Waals surface area contributed by atoms with Gasteiger partial charge in [0.2, 0.25) is 0 Å². The minimum atomic E-state index is 0.552. The third kappa shape index (κ3) is 2.19. The van der Waals surface area contributed by atoms with Gasteiger partial charge in [-0.3, -0.25) is 0 Å². The van der Waals surface area contributed by atoms with Crippen LogP contribution in [0.25, 0.3) is 0 Å². The van der Waals surface area contributed by atoms with Crippen molar-refractivity contribution in [2.45, 2.75) is 26.8 Å². The number of nitrogens with zero attached hydrogens (tertiary/aromatic N) is 1. The molecule has 68 valence electrons. The molecule has 1 heterocycles. The Kier molecular flexibility index (Phi) is 3.05. The topological polar surface area (TPSA) is 64.9 Å². The van der Waals surface area contributed by atoms with Crippen LogP contribution < -0.4 is 11.5 Å². The fraction of sp³-hybridized carbons (Fsp3) is 0.625. The first-order valence-electron chi connectivity index (χ1n) is 4.07. The van der Waals surface area contributed by atoms with Gasteiger partial charge in [-0.15, -0.1) is 11.3 Å². The lowest BCUT2D eigenvalue weighted by atomic mass is 10.1. The highest BCUT2D eigenvalue weighted by Gasteiger charge is 2.08. The van der Waals surface area contributed by atoms with E-state index in [0.717, 1.165) is 17.0 Å². The smallest absolute Gasteiger partial charge is 0.180 e. The van der Waals surface area contributed by atoms with Crippen molar-refractivity contribution in [2.75, 3.05) is 5.73 Å². The Balaban J connectivity index is 2.81. The van der Waals surface area contributed by atoms with Crippen molar-refractivity contribution in [3.05, 3.63) is 10.6 Å². The average molecular weight is 185 g/mol. The molecule has 0 aliphatic carbocycles. The van der Waals surface area contributed by atoms with Crippen molar-refractivity contribution < 1.29 is 0 Å². The van der Waals surface area contributed by atoms with Gasteiger partial charge in [0.15, 0.2) is 5.13 Å². The summed E-state index contributed by atoms with van der Waals surface area (Å²) >= 11 is 1.50. The zero-order chi connectivity index (χ0) is 9.14. The van der Waals surface area contributed by atoms with Crippen LogP contribution in [0.5, 0.6) is 0 Å². The molecule has 0 aromatic carbocycles. The van der Waals surface area contributed by atoms with Gasteiger partial charge < -0.3 is 11.5 Å². The van der Waals surface area contributed by atoms with E-state index in [1.165, 1.54) is 11.3 Å². The largest absolute Gasteiger partial charge is 0.375 e. The highest BCUT2D eigenvalue weighted by Crippen LogP contribution is 2.21. The Hall–Kier alpha value is -0.610. The van der Waals surface area contributed by atoms with Crippen LogP contribution in [0.15, 0.2) is 0 Å². The van der Waals surface area contributed by atoms with E-state index in [-0.39, 0.29) is 0 Å². The maximum absolute atomic E-state index is 5.58. The van der Waals surface area contributed by atoms with E-state index in [1.807, 2.05) is 0 Å². The van der Waals surface area contributed by atoms with Crippen molar-refractivity contribution in [3.63, 3.8) is 0 Å². The second kappa shape index (κ2) is 3.87. The predicted octanol–water partition coefficient (Wildman–Crippen LogP) is 1.38. The number of aromatic nitrogens is 1. The Bertz CT molecular complexity index is 255. The van der Waals surface area contributed by atoms with Crippen molar-refractivity contribution in [2.24, 2.45) is 11.7 Å². The van der Waals surface area contributed by atoms with E-state index in [1.54, 1.807) is 0 Å². The molecule has 1 aromatic heterocycles. The van der Waals surface area contributed by atoms with Crippen molar-refractivity contribution >= 4 is 16.5 Å². The highest BCUT2D eigenvalue weighted by atomic mass is 32.1.